The van der Waals surface area contributed by atoms with Crippen LogP contribution in [-0.4, -0.2) is 11.9 Å². The summed E-state index contributed by atoms with van der Waals surface area (Å²) in [6.45, 7) is 6.89. The molecule has 0 aliphatic heterocycles. The quantitative estimate of drug-likeness (QED) is 0.362. The Morgan fingerprint density at radius 1 is 1.00 bits per heavy atom. The van der Waals surface area contributed by atoms with E-state index in [-0.39, 0.29) is 0 Å². The van der Waals surface area contributed by atoms with E-state index in [1.54, 1.807) is 0 Å². The number of carbonyl (C=O) groups is 1. The molecule has 4 fully saturated rings. The molecule has 0 aromatic heterocycles. The van der Waals surface area contributed by atoms with Gasteiger partial charge in [0.05, 0.1) is 17.2 Å². The zero-order chi connectivity index (χ0) is 17.8. The van der Waals surface area contributed by atoms with Crippen molar-refractivity contribution in [1.29, 1.82) is 0 Å². The summed E-state index contributed by atoms with van der Waals surface area (Å²) in [5.41, 5.74) is 0.791. The molecule has 4 heteroatoms. The van der Waals surface area contributed by atoms with Crippen LogP contribution in [0.2, 0.25) is 0 Å². The molecule has 0 spiro atoms. The van der Waals surface area contributed by atoms with E-state index < -0.39 is 0 Å². The fourth-order valence-electron chi connectivity index (χ4n) is 8.03. The van der Waals surface area contributed by atoms with Gasteiger partial charge in [-0.15, -0.1) is 0 Å². The second kappa shape index (κ2) is 6.74. The summed E-state index contributed by atoms with van der Waals surface area (Å²) >= 11 is 5.43. The molecule has 0 heterocycles. The van der Waals surface area contributed by atoms with Crippen LogP contribution in [-0.2, 0) is 8.98 Å². The standard InChI is InChI=1S/C21H34O2S2/c1-13(22)17-6-7-18-16-5-4-14-12-15(23-25-24)8-10-20(14,2)19(16)9-11-21(17,18)3/h14-19,24H,4-12H2,1-3H3/t14-,15-,16-,17+,18-,19-,20-,21+/m0/s1. The van der Waals surface area contributed by atoms with E-state index in [4.69, 9.17) is 4.18 Å². The van der Waals surface area contributed by atoms with Gasteiger partial charge in [0.1, 0.15) is 5.78 Å². The van der Waals surface area contributed by atoms with Gasteiger partial charge < -0.3 is 4.18 Å². The highest BCUT2D eigenvalue weighted by Gasteiger charge is 2.60. The SMILES string of the molecule is CC(=O)[C@H]1CC[C@H]2[C@@H]3CC[C@H]4C[C@@H](OSS)CC[C@]4(C)[C@H]3CC[C@]12C. The number of fused-ring (bicyclic) bond motifs is 5. The molecule has 4 saturated carbocycles. The van der Waals surface area contributed by atoms with E-state index in [9.17, 15) is 4.79 Å². The third-order valence-corrected chi connectivity index (χ3v) is 9.90. The van der Waals surface area contributed by atoms with Crippen molar-refractivity contribution in [2.24, 2.45) is 40.4 Å². The average molecular weight is 383 g/mol. The highest BCUT2D eigenvalue weighted by molar-refractivity contribution is 8.66. The van der Waals surface area contributed by atoms with Gasteiger partial charge >= 0.3 is 0 Å². The van der Waals surface area contributed by atoms with Crippen LogP contribution in [0.5, 0.6) is 0 Å². The Kier molecular flexibility index (Phi) is 5.04. The molecule has 0 saturated heterocycles. The van der Waals surface area contributed by atoms with E-state index in [0.717, 1.165) is 30.1 Å². The third kappa shape index (κ3) is 2.84. The molecule has 0 radical (unpaired) electrons. The Balaban J connectivity index is 1.55. The summed E-state index contributed by atoms with van der Waals surface area (Å²) in [4.78, 5) is 12.2. The molecule has 0 aromatic rings. The van der Waals surface area contributed by atoms with Crippen LogP contribution in [0.3, 0.4) is 0 Å². The van der Waals surface area contributed by atoms with Gasteiger partial charge in [-0.1, -0.05) is 25.5 Å². The first-order valence-corrected chi connectivity index (χ1v) is 12.2. The lowest BCUT2D eigenvalue weighted by molar-refractivity contribution is -0.136. The molecule has 0 N–H and O–H groups in total. The maximum Gasteiger partial charge on any atom is 0.133 e. The van der Waals surface area contributed by atoms with Crippen molar-refractivity contribution >= 4 is 28.5 Å². The van der Waals surface area contributed by atoms with Crippen LogP contribution in [0.25, 0.3) is 0 Å². The molecule has 0 unspecified atom stereocenters. The molecule has 2 nitrogen and oxygen atoms in total. The number of hydrogen-bond donors (Lipinski definition) is 1. The second-order valence-corrected chi connectivity index (χ2v) is 10.8. The van der Waals surface area contributed by atoms with Crippen molar-refractivity contribution in [1.82, 2.24) is 0 Å². The van der Waals surface area contributed by atoms with E-state index in [1.165, 1.54) is 62.4 Å². The third-order valence-electron chi connectivity index (χ3n) is 9.29. The zero-order valence-corrected chi connectivity index (χ0v) is 17.7. The lowest BCUT2D eigenvalue weighted by Crippen LogP contribution is -2.54. The summed E-state index contributed by atoms with van der Waals surface area (Å²) in [5.74, 6) is 4.13. The molecule has 0 bridgehead atoms. The van der Waals surface area contributed by atoms with E-state index in [0.29, 0.717) is 28.6 Å². The predicted molar refractivity (Wildman–Crippen MR) is 107 cm³/mol. The maximum absolute atomic E-state index is 12.2. The number of hydrogen-bond acceptors (Lipinski definition) is 4. The molecule has 0 amide bonds. The van der Waals surface area contributed by atoms with Gasteiger partial charge in [-0.2, -0.15) is 0 Å². The topological polar surface area (TPSA) is 26.3 Å². The fraction of sp³-hybridized carbons (Fsp3) is 0.952. The number of ketones is 1. The minimum Gasteiger partial charge on any atom is -0.302 e. The molecule has 4 aliphatic carbocycles. The van der Waals surface area contributed by atoms with Crippen molar-refractivity contribution in [2.75, 3.05) is 0 Å². The van der Waals surface area contributed by atoms with Gasteiger partial charge in [0.25, 0.3) is 0 Å². The first-order chi connectivity index (χ1) is 11.9. The average Bonchev–Trinajstić information content (AvgIpc) is 2.93. The normalized spacial score (nSPS) is 52.2. The summed E-state index contributed by atoms with van der Waals surface area (Å²) in [6.07, 6.45) is 12.0. The van der Waals surface area contributed by atoms with Crippen LogP contribution in [0.15, 0.2) is 0 Å². The molecule has 8 atom stereocenters. The molecular weight excluding hydrogens is 348 g/mol. The van der Waals surface area contributed by atoms with Crippen molar-refractivity contribution in [3.63, 3.8) is 0 Å². The number of carbonyl (C=O) groups excluding carboxylic acids is 1. The van der Waals surface area contributed by atoms with Crippen LogP contribution >= 0.6 is 22.7 Å². The maximum atomic E-state index is 12.2. The van der Waals surface area contributed by atoms with E-state index in [2.05, 4.69) is 25.5 Å². The van der Waals surface area contributed by atoms with Crippen LogP contribution in [0.4, 0.5) is 0 Å². The first-order valence-electron chi connectivity index (χ1n) is 10.4. The van der Waals surface area contributed by atoms with Gasteiger partial charge in [0.15, 0.2) is 0 Å². The summed E-state index contributed by atoms with van der Waals surface area (Å²) < 4.78 is 5.78. The molecule has 142 valence electrons. The number of thiol groups is 1. The minimum absolute atomic E-state index is 0.291. The lowest BCUT2D eigenvalue weighted by atomic mass is 9.44. The van der Waals surface area contributed by atoms with Gasteiger partial charge in [-0.05, 0) is 99.2 Å². The highest BCUT2D eigenvalue weighted by Crippen LogP contribution is 2.67. The largest absolute Gasteiger partial charge is 0.302 e. The van der Waals surface area contributed by atoms with Crippen LogP contribution in [0.1, 0.15) is 78.6 Å². The molecular formula is C21H34O2S2. The number of Topliss-reactive ketones (excluding diaryl/α,β-unsaturated/α-hetero) is 1. The van der Waals surface area contributed by atoms with Gasteiger partial charge in [-0.3, -0.25) is 4.79 Å². The van der Waals surface area contributed by atoms with Crippen molar-refractivity contribution < 1.29 is 8.98 Å². The monoisotopic (exact) mass is 382 g/mol. The van der Waals surface area contributed by atoms with Crippen LogP contribution in [0, 0.1) is 40.4 Å². The fourth-order valence-corrected chi connectivity index (χ4v) is 8.70. The van der Waals surface area contributed by atoms with E-state index in [1.807, 2.05) is 6.92 Å². The zero-order valence-electron chi connectivity index (χ0n) is 16.0. The van der Waals surface area contributed by atoms with Crippen molar-refractivity contribution in [3.05, 3.63) is 0 Å². The first kappa shape index (κ1) is 18.7. The summed E-state index contributed by atoms with van der Waals surface area (Å²) in [6, 6.07) is 0. The summed E-state index contributed by atoms with van der Waals surface area (Å²) in [7, 11) is 0. The Labute approximate surface area is 162 Å². The smallest absolute Gasteiger partial charge is 0.133 e. The summed E-state index contributed by atoms with van der Waals surface area (Å²) in [5, 5.41) is 0. The minimum atomic E-state index is 0.291. The Morgan fingerprint density at radius 3 is 2.44 bits per heavy atom. The van der Waals surface area contributed by atoms with Gasteiger partial charge in [0.2, 0.25) is 0 Å². The Hall–Kier alpha value is 0.330. The number of rotatable bonds is 3. The van der Waals surface area contributed by atoms with Gasteiger partial charge in [-0.25, -0.2) is 0 Å². The molecule has 4 aliphatic rings. The lowest BCUT2D eigenvalue weighted by Gasteiger charge is -2.61. The van der Waals surface area contributed by atoms with Gasteiger partial charge in [0, 0.05) is 5.92 Å². The second-order valence-electron chi connectivity index (χ2n) is 10.0. The Morgan fingerprint density at radius 2 is 1.72 bits per heavy atom. The molecule has 4 rings (SSSR count). The predicted octanol–water partition coefficient (Wildman–Crippen LogP) is 6.11. The van der Waals surface area contributed by atoms with Crippen LogP contribution < -0.4 is 0 Å². The Bertz CT molecular complexity index is 538. The van der Waals surface area contributed by atoms with Crippen molar-refractivity contribution in [3.8, 4) is 0 Å². The van der Waals surface area contributed by atoms with E-state index >= 15 is 0 Å². The highest BCUT2D eigenvalue weighted by atomic mass is 33.1. The molecule has 25 heavy (non-hydrogen) atoms. The molecule has 0 aromatic carbocycles. The van der Waals surface area contributed by atoms with Crippen molar-refractivity contribution in [2.45, 2.75) is 84.7 Å².